The molecule has 7 heteroatoms. The molecule has 0 radical (unpaired) electrons. The normalized spacial score (nSPS) is 13.6. The third kappa shape index (κ3) is 2.82. The predicted molar refractivity (Wildman–Crippen MR) is 85.8 cm³/mol. The van der Waals surface area contributed by atoms with Gasteiger partial charge in [0.25, 0.3) is 0 Å². The minimum absolute atomic E-state index is 0.220. The summed E-state index contributed by atoms with van der Waals surface area (Å²) in [7, 11) is 1.40. The van der Waals surface area contributed by atoms with Gasteiger partial charge >= 0.3 is 5.69 Å². The van der Waals surface area contributed by atoms with Crippen molar-refractivity contribution in [3.8, 4) is 5.75 Å². The van der Waals surface area contributed by atoms with E-state index in [-0.39, 0.29) is 11.4 Å². The number of nitro benzene ring substituents is 1. The zero-order chi connectivity index (χ0) is 16.6. The first-order valence-electron chi connectivity index (χ1n) is 7.04. The van der Waals surface area contributed by atoms with Crippen LogP contribution in [0.15, 0.2) is 30.3 Å². The van der Waals surface area contributed by atoms with Crippen LogP contribution < -0.4 is 9.64 Å². The molecule has 0 fully saturated rings. The summed E-state index contributed by atoms with van der Waals surface area (Å²) in [5, 5.41) is 11.9. The lowest BCUT2D eigenvalue weighted by Crippen LogP contribution is -2.31. The van der Waals surface area contributed by atoms with Crippen molar-refractivity contribution in [2.75, 3.05) is 18.6 Å². The molecule has 3 rings (SSSR count). The Morgan fingerprint density at radius 3 is 2.87 bits per heavy atom. The molecule has 23 heavy (non-hydrogen) atoms. The van der Waals surface area contributed by atoms with Crippen molar-refractivity contribution in [2.45, 2.75) is 13.0 Å². The molecule has 2 aromatic carbocycles. The number of ether oxygens (including phenoxy) is 1. The molecule has 0 bridgehead atoms. The molecule has 2 aromatic rings. The number of anilines is 1. The molecule has 5 nitrogen and oxygen atoms in total. The number of hydrogen-bond acceptors (Lipinski definition) is 4. The molecule has 0 N–H and O–H groups in total. The van der Waals surface area contributed by atoms with E-state index in [2.05, 4.69) is 0 Å². The van der Waals surface area contributed by atoms with E-state index in [1.807, 2.05) is 18.2 Å². The van der Waals surface area contributed by atoms with Crippen LogP contribution in [0.1, 0.15) is 11.1 Å². The highest BCUT2D eigenvalue weighted by Crippen LogP contribution is 2.38. The van der Waals surface area contributed by atoms with Crippen molar-refractivity contribution in [3.05, 3.63) is 62.4 Å². The largest absolute Gasteiger partial charge is 0.497 e. The summed E-state index contributed by atoms with van der Waals surface area (Å²) in [5.41, 5.74) is 1.71. The Bertz CT molecular complexity index is 782. The highest BCUT2D eigenvalue weighted by molar-refractivity contribution is 6.31. The van der Waals surface area contributed by atoms with Gasteiger partial charge in [-0.1, -0.05) is 23.7 Å². The number of nitro groups is 1. The lowest BCUT2D eigenvalue weighted by atomic mass is 9.99. The Balaban J connectivity index is 2.05. The van der Waals surface area contributed by atoms with Crippen LogP contribution in [0.4, 0.5) is 15.8 Å². The first-order valence-corrected chi connectivity index (χ1v) is 7.42. The van der Waals surface area contributed by atoms with Crippen LogP contribution in [-0.4, -0.2) is 18.6 Å². The number of methoxy groups -OCH3 is 1. The molecule has 0 unspecified atom stereocenters. The van der Waals surface area contributed by atoms with Gasteiger partial charge in [0.2, 0.25) is 5.82 Å². The van der Waals surface area contributed by atoms with Gasteiger partial charge < -0.3 is 9.64 Å². The Kier molecular flexibility index (Phi) is 4.09. The molecule has 1 aliphatic rings. The average molecular weight is 337 g/mol. The van der Waals surface area contributed by atoms with Crippen LogP contribution in [0.2, 0.25) is 5.02 Å². The predicted octanol–water partition coefficient (Wildman–Crippen LogP) is 3.96. The number of fused-ring (bicyclic) bond motifs is 1. The molecule has 1 heterocycles. The minimum atomic E-state index is -0.902. The van der Waals surface area contributed by atoms with E-state index in [1.54, 1.807) is 4.90 Å². The number of rotatable bonds is 3. The molecule has 0 aromatic heterocycles. The summed E-state index contributed by atoms with van der Waals surface area (Å²) >= 11 is 6.18. The fourth-order valence-electron chi connectivity index (χ4n) is 2.87. The summed E-state index contributed by atoms with van der Waals surface area (Å²) < 4.78 is 19.1. The van der Waals surface area contributed by atoms with Crippen LogP contribution in [0, 0.1) is 15.9 Å². The van der Waals surface area contributed by atoms with Crippen LogP contribution >= 0.6 is 11.6 Å². The van der Waals surface area contributed by atoms with Gasteiger partial charge in [0.05, 0.1) is 12.0 Å². The van der Waals surface area contributed by atoms with E-state index in [0.717, 1.165) is 17.2 Å². The van der Waals surface area contributed by atoms with E-state index in [4.69, 9.17) is 16.3 Å². The fraction of sp³-hybridized carbons (Fsp3) is 0.250. The van der Waals surface area contributed by atoms with E-state index in [0.29, 0.717) is 24.5 Å². The number of nitrogens with zero attached hydrogens (tertiary/aromatic N) is 2. The van der Waals surface area contributed by atoms with Gasteiger partial charge in [-0.25, -0.2) is 0 Å². The zero-order valence-corrected chi connectivity index (χ0v) is 13.1. The zero-order valence-electron chi connectivity index (χ0n) is 12.4. The Morgan fingerprint density at radius 2 is 2.17 bits per heavy atom. The van der Waals surface area contributed by atoms with E-state index in [1.165, 1.54) is 13.2 Å². The van der Waals surface area contributed by atoms with Crippen molar-refractivity contribution in [2.24, 2.45) is 0 Å². The Hall–Kier alpha value is -2.34. The second-order valence-corrected chi connectivity index (χ2v) is 5.69. The number of benzene rings is 2. The van der Waals surface area contributed by atoms with E-state index < -0.39 is 16.4 Å². The topological polar surface area (TPSA) is 55.6 Å². The van der Waals surface area contributed by atoms with Crippen molar-refractivity contribution < 1.29 is 14.1 Å². The molecule has 1 aliphatic heterocycles. The minimum Gasteiger partial charge on any atom is -0.497 e. The van der Waals surface area contributed by atoms with Gasteiger partial charge in [-0.05, 0) is 23.6 Å². The fourth-order valence-corrected chi connectivity index (χ4v) is 3.16. The molecule has 0 aliphatic carbocycles. The van der Waals surface area contributed by atoms with Crippen LogP contribution in [0.5, 0.6) is 5.75 Å². The maximum Gasteiger partial charge on any atom is 0.328 e. The molecule has 0 spiro atoms. The summed E-state index contributed by atoms with van der Waals surface area (Å²) in [6.07, 6.45) is 0.644. The molecule has 0 amide bonds. The quantitative estimate of drug-likeness (QED) is 0.629. The monoisotopic (exact) mass is 336 g/mol. The maximum absolute atomic E-state index is 14.1. The lowest BCUT2D eigenvalue weighted by molar-refractivity contribution is -0.386. The summed E-state index contributed by atoms with van der Waals surface area (Å²) in [5.74, 6) is -0.652. The van der Waals surface area contributed by atoms with Gasteiger partial charge in [-0.3, -0.25) is 10.1 Å². The summed E-state index contributed by atoms with van der Waals surface area (Å²) in [4.78, 5) is 12.3. The summed E-state index contributed by atoms with van der Waals surface area (Å²) in [6, 6.07) is 8.11. The SMILES string of the molecule is COc1cc(F)c([N+](=O)[O-])c(N2CCc3c(Cl)cccc3C2)c1. The van der Waals surface area contributed by atoms with E-state index in [9.17, 15) is 14.5 Å². The standard InChI is InChI=1S/C16H14ClFN2O3/c1-23-11-7-14(18)16(20(21)22)15(8-11)19-6-5-12-10(9-19)3-2-4-13(12)17/h2-4,7-8H,5-6,9H2,1H3. The van der Waals surface area contributed by atoms with Gasteiger partial charge in [0, 0.05) is 30.2 Å². The molecule has 0 saturated carbocycles. The van der Waals surface area contributed by atoms with Crippen LogP contribution in [-0.2, 0) is 13.0 Å². The highest BCUT2D eigenvalue weighted by Gasteiger charge is 2.28. The third-order valence-electron chi connectivity index (χ3n) is 3.98. The molecule has 0 saturated heterocycles. The van der Waals surface area contributed by atoms with Crippen LogP contribution in [0.25, 0.3) is 0 Å². The van der Waals surface area contributed by atoms with Crippen molar-refractivity contribution in [1.82, 2.24) is 0 Å². The smallest absolute Gasteiger partial charge is 0.328 e. The summed E-state index contributed by atoms with van der Waals surface area (Å²) in [6.45, 7) is 0.952. The molecule has 120 valence electrons. The van der Waals surface area contributed by atoms with Crippen molar-refractivity contribution in [3.63, 3.8) is 0 Å². The van der Waals surface area contributed by atoms with Gasteiger partial charge in [0.1, 0.15) is 11.4 Å². The van der Waals surface area contributed by atoms with Crippen LogP contribution in [0.3, 0.4) is 0 Å². The van der Waals surface area contributed by atoms with Gasteiger partial charge in [-0.2, -0.15) is 4.39 Å². The first kappa shape index (κ1) is 15.6. The second-order valence-electron chi connectivity index (χ2n) is 5.28. The molecule has 0 atom stereocenters. The van der Waals surface area contributed by atoms with Gasteiger partial charge in [0.15, 0.2) is 0 Å². The first-order chi connectivity index (χ1) is 11.0. The van der Waals surface area contributed by atoms with E-state index >= 15 is 0 Å². The van der Waals surface area contributed by atoms with Crippen molar-refractivity contribution in [1.29, 1.82) is 0 Å². The van der Waals surface area contributed by atoms with Crippen molar-refractivity contribution >= 4 is 23.0 Å². The second kappa shape index (κ2) is 6.04. The number of hydrogen-bond donors (Lipinski definition) is 0. The molecular weight excluding hydrogens is 323 g/mol. The molecular formula is C16H14ClFN2O3. The third-order valence-corrected chi connectivity index (χ3v) is 4.34. The van der Waals surface area contributed by atoms with Gasteiger partial charge in [-0.15, -0.1) is 0 Å². The highest BCUT2D eigenvalue weighted by atomic mass is 35.5. The average Bonchev–Trinajstić information content (AvgIpc) is 2.53. The Labute approximate surface area is 137 Å². The Morgan fingerprint density at radius 1 is 1.39 bits per heavy atom. The number of halogens is 2. The maximum atomic E-state index is 14.1. The lowest BCUT2D eigenvalue weighted by Gasteiger charge is -2.31.